The number of nitrogens with zero attached hydrogens (tertiary/aromatic N) is 1. The van der Waals surface area contributed by atoms with Crippen LogP contribution >= 0.6 is 0 Å². The van der Waals surface area contributed by atoms with Crippen molar-refractivity contribution in [3.05, 3.63) is 36.5 Å². The molecule has 0 aliphatic heterocycles. The predicted molar refractivity (Wildman–Crippen MR) is 64.4 cm³/mol. The number of amides is 1. The van der Waals surface area contributed by atoms with Gasteiger partial charge in [0.05, 0.1) is 0 Å². The Hall–Kier alpha value is -2.30. The minimum Gasteiger partial charge on any atom is -0.481 e. The summed E-state index contributed by atoms with van der Waals surface area (Å²) in [6.07, 6.45) is 1.87. The number of para-hydroxylation sites is 1. The van der Waals surface area contributed by atoms with E-state index in [0.29, 0.717) is 0 Å². The van der Waals surface area contributed by atoms with Crippen LogP contribution in [0, 0.1) is 0 Å². The van der Waals surface area contributed by atoms with Crippen molar-refractivity contribution in [3.63, 3.8) is 0 Å². The van der Waals surface area contributed by atoms with Crippen molar-refractivity contribution in [1.82, 2.24) is 4.57 Å². The van der Waals surface area contributed by atoms with Crippen molar-refractivity contribution in [2.24, 2.45) is 5.73 Å². The number of rotatable bonds is 2. The third-order valence-corrected chi connectivity index (χ3v) is 2.01. The van der Waals surface area contributed by atoms with E-state index >= 15 is 0 Å². The molecule has 1 aromatic carbocycles. The number of fused-ring (bicyclic) bond motifs is 1. The lowest BCUT2D eigenvalue weighted by Crippen LogP contribution is -2.17. The fourth-order valence-electron chi connectivity index (χ4n) is 1.45. The maximum atomic E-state index is 10.7. The number of nitrogens with two attached hydrogens (primary N) is 1. The Morgan fingerprint density at radius 2 is 1.88 bits per heavy atom. The first-order chi connectivity index (χ1) is 8.00. The lowest BCUT2D eigenvalue weighted by atomic mass is 10.2. The number of hydrogen-bond donors (Lipinski definition) is 2. The normalized spacial score (nSPS) is 9.47. The monoisotopic (exact) mass is 234 g/mol. The number of benzene rings is 1. The quantitative estimate of drug-likeness (QED) is 0.819. The second-order valence-electron chi connectivity index (χ2n) is 3.49. The van der Waals surface area contributed by atoms with E-state index < -0.39 is 5.97 Å². The molecular weight excluding hydrogens is 220 g/mol. The lowest BCUT2D eigenvalue weighted by Gasteiger charge is -2.00. The van der Waals surface area contributed by atoms with Crippen LogP contribution in [0.25, 0.3) is 10.9 Å². The van der Waals surface area contributed by atoms with Crippen LogP contribution in [0.2, 0.25) is 0 Å². The summed E-state index contributed by atoms with van der Waals surface area (Å²) in [7, 11) is 0. The van der Waals surface area contributed by atoms with E-state index in [0.717, 1.165) is 17.8 Å². The highest BCUT2D eigenvalue weighted by Gasteiger charge is 2.01. The number of carbonyl (C=O) groups excluding carboxylic acids is 1. The second kappa shape index (κ2) is 5.69. The molecule has 1 amide bonds. The van der Waals surface area contributed by atoms with Gasteiger partial charge in [-0.2, -0.15) is 0 Å². The van der Waals surface area contributed by atoms with E-state index in [-0.39, 0.29) is 12.5 Å². The summed E-state index contributed by atoms with van der Waals surface area (Å²) in [5.74, 6) is -1.15. The van der Waals surface area contributed by atoms with E-state index in [1.807, 2.05) is 41.1 Å². The Bertz CT molecular complexity index is 527. The van der Waals surface area contributed by atoms with Gasteiger partial charge in [0.25, 0.3) is 5.97 Å². The fraction of sp³-hybridized carbons (Fsp3) is 0.167. The van der Waals surface area contributed by atoms with Gasteiger partial charge in [-0.15, -0.1) is 0 Å². The summed E-state index contributed by atoms with van der Waals surface area (Å²) in [5.41, 5.74) is 6.16. The smallest absolute Gasteiger partial charge is 0.300 e. The summed E-state index contributed by atoms with van der Waals surface area (Å²) in [5, 5.41) is 8.55. The molecule has 1 heterocycles. The van der Waals surface area contributed by atoms with Crippen molar-refractivity contribution in [1.29, 1.82) is 0 Å². The van der Waals surface area contributed by atoms with Gasteiger partial charge >= 0.3 is 0 Å². The van der Waals surface area contributed by atoms with Crippen molar-refractivity contribution >= 4 is 22.8 Å². The van der Waals surface area contributed by atoms with Crippen LogP contribution in [-0.2, 0) is 16.1 Å². The molecule has 0 saturated heterocycles. The fourth-order valence-corrected chi connectivity index (χ4v) is 1.45. The van der Waals surface area contributed by atoms with Gasteiger partial charge in [0.15, 0.2) is 0 Å². The maximum Gasteiger partial charge on any atom is 0.300 e. The number of carboxylic acid groups (broad SMARTS) is 1. The summed E-state index contributed by atoms with van der Waals surface area (Å²) in [4.78, 5) is 19.7. The molecule has 5 nitrogen and oxygen atoms in total. The molecule has 0 aliphatic carbocycles. The molecule has 5 heteroatoms. The first kappa shape index (κ1) is 12.8. The average Bonchev–Trinajstić information content (AvgIpc) is 2.60. The molecule has 3 N–H and O–H groups in total. The van der Waals surface area contributed by atoms with Gasteiger partial charge < -0.3 is 15.4 Å². The zero-order valence-electron chi connectivity index (χ0n) is 9.46. The molecule has 2 rings (SSSR count). The van der Waals surface area contributed by atoms with Crippen molar-refractivity contribution in [2.45, 2.75) is 13.5 Å². The number of primary amides is 1. The summed E-state index contributed by atoms with van der Waals surface area (Å²) < 4.78 is 1.84. The first-order valence-electron chi connectivity index (χ1n) is 5.02. The topological polar surface area (TPSA) is 85.3 Å². The van der Waals surface area contributed by atoms with Crippen LogP contribution < -0.4 is 5.73 Å². The number of aliphatic carboxylic acids is 1. The zero-order valence-corrected chi connectivity index (χ0v) is 9.46. The van der Waals surface area contributed by atoms with Crippen LogP contribution in [-0.4, -0.2) is 21.6 Å². The molecule has 0 bridgehead atoms. The van der Waals surface area contributed by atoms with Crippen LogP contribution in [0.15, 0.2) is 36.5 Å². The second-order valence-corrected chi connectivity index (χ2v) is 3.49. The van der Waals surface area contributed by atoms with E-state index in [4.69, 9.17) is 15.6 Å². The molecular formula is C12H14N2O3. The molecule has 0 unspecified atom stereocenters. The third kappa shape index (κ3) is 3.98. The molecule has 0 saturated carbocycles. The van der Waals surface area contributed by atoms with E-state index in [2.05, 4.69) is 0 Å². The Morgan fingerprint density at radius 1 is 1.29 bits per heavy atom. The molecule has 1 aromatic heterocycles. The molecule has 0 fully saturated rings. The molecule has 2 aromatic rings. The van der Waals surface area contributed by atoms with Gasteiger partial charge in [-0.25, -0.2) is 0 Å². The predicted octanol–water partition coefficient (Wildman–Crippen LogP) is 1.22. The highest BCUT2D eigenvalue weighted by molar-refractivity contribution is 5.82. The minimum atomic E-state index is -0.833. The van der Waals surface area contributed by atoms with Crippen LogP contribution in [0.4, 0.5) is 0 Å². The van der Waals surface area contributed by atoms with Crippen LogP contribution in [0.5, 0.6) is 0 Å². The Labute approximate surface area is 98.5 Å². The SMILES string of the molecule is CC(=O)O.NC(=O)Cn1ccc2ccccc21. The van der Waals surface area contributed by atoms with Gasteiger partial charge in [-0.3, -0.25) is 9.59 Å². The molecule has 0 atom stereocenters. The molecule has 0 spiro atoms. The van der Waals surface area contributed by atoms with Crippen molar-refractivity contribution < 1.29 is 14.7 Å². The molecule has 90 valence electrons. The summed E-state index contributed by atoms with van der Waals surface area (Å²) in [6, 6.07) is 9.86. The van der Waals surface area contributed by atoms with Gasteiger partial charge in [0.2, 0.25) is 5.91 Å². The maximum absolute atomic E-state index is 10.7. The molecule has 0 radical (unpaired) electrons. The largest absolute Gasteiger partial charge is 0.481 e. The first-order valence-corrected chi connectivity index (χ1v) is 5.02. The van der Waals surface area contributed by atoms with E-state index in [9.17, 15) is 4.79 Å². The molecule has 0 aliphatic rings. The highest BCUT2D eigenvalue weighted by atomic mass is 16.4. The standard InChI is InChI=1S/C10H10N2O.C2H4O2/c11-10(13)7-12-6-5-8-3-1-2-4-9(8)12;1-2(3)4/h1-6H,7H2,(H2,11,13);1H3,(H,3,4). The van der Waals surface area contributed by atoms with Gasteiger partial charge in [0.1, 0.15) is 6.54 Å². The van der Waals surface area contributed by atoms with Crippen molar-refractivity contribution in [2.75, 3.05) is 0 Å². The number of aromatic nitrogens is 1. The summed E-state index contributed by atoms with van der Waals surface area (Å²) >= 11 is 0. The highest BCUT2D eigenvalue weighted by Crippen LogP contribution is 2.14. The van der Waals surface area contributed by atoms with Gasteiger partial charge in [-0.05, 0) is 17.5 Å². The number of carboxylic acids is 1. The third-order valence-electron chi connectivity index (χ3n) is 2.01. The Balaban J connectivity index is 0.000000317. The lowest BCUT2D eigenvalue weighted by molar-refractivity contribution is -0.134. The Morgan fingerprint density at radius 3 is 2.47 bits per heavy atom. The number of hydrogen-bond acceptors (Lipinski definition) is 2. The Kier molecular flexibility index (Phi) is 4.28. The average molecular weight is 234 g/mol. The van der Waals surface area contributed by atoms with Gasteiger partial charge in [-0.1, -0.05) is 18.2 Å². The van der Waals surface area contributed by atoms with E-state index in [1.165, 1.54) is 0 Å². The molecule has 17 heavy (non-hydrogen) atoms. The van der Waals surface area contributed by atoms with Crippen LogP contribution in [0.3, 0.4) is 0 Å². The van der Waals surface area contributed by atoms with E-state index in [1.54, 1.807) is 0 Å². The van der Waals surface area contributed by atoms with Gasteiger partial charge in [0, 0.05) is 18.6 Å². The number of carbonyl (C=O) groups is 2. The minimum absolute atomic E-state index is 0.244. The van der Waals surface area contributed by atoms with Crippen molar-refractivity contribution in [3.8, 4) is 0 Å². The summed E-state index contributed by atoms with van der Waals surface area (Å²) in [6.45, 7) is 1.33. The van der Waals surface area contributed by atoms with Crippen LogP contribution in [0.1, 0.15) is 6.92 Å². The zero-order chi connectivity index (χ0) is 12.8.